The van der Waals surface area contributed by atoms with Gasteiger partial charge in [-0.25, -0.2) is 8.78 Å². The van der Waals surface area contributed by atoms with E-state index < -0.39 is 0 Å². The Balaban J connectivity index is 1.21. The van der Waals surface area contributed by atoms with E-state index >= 15 is 8.78 Å². The van der Waals surface area contributed by atoms with Crippen LogP contribution in [-0.4, -0.2) is 9.13 Å². The van der Waals surface area contributed by atoms with Gasteiger partial charge in [-0.3, -0.25) is 0 Å². The van der Waals surface area contributed by atoms with Gasteiger partial charge in [0.25, 0.3) is 0 Å². The zero-order valence-corrected chi connectivity index (χ0v) is 37.1. The van der Waals surface area contributed by atoms with Crippen molar-refractivity contribution in [3.63, 3.8) is 0 Å². The fourth-order valence-corrected chi connectivity index (χ4v) is 10.4. The van der Waals surface area contributed by atoms with E-state index in [4.69, 9.17) is 0 Å². The van der Waals surface area contributed by atoms with E-state index in [1.165, 1.54) is 12.1 Å². The normalized spacial score (nSPS) is 11.5. The number of hydrogen-bond donors (Lipinski definition) is 0. The smallest absolute Gasteiger partial charge is 0.131 e. The second-order valence-corrected chi connectivity index (χ2v) is 17.6. The monoisotopic (exact) mass is 1030 g/mol. The third-order valence-electron chi connectivity index (χ3n) is 11.9. The minimum Gasteiger partial charge on any atom is -0.308 e. The summed E-state index contributed by atoms with van der Waals surface area (Å²) in [5.41, 5.74) is 12.5. The largest absolute Gasteiger partial charge is 0.308 e. The topological polar surface area (TPSA) is 33.6 Å². The van der Waals surface area contributed by atoms with Gasteiger partial charge in [0.15, 0.2) is 0 Å². The highest BCUT2D eigenvalue weighted by Crippen LogP contribution is 2.42. The van der Waals surface area contributed by atoms with Crippen LogP contribution in [-0.2, 0) is 0 Å². The Hall–Kier alpha value is -6.61. The van der Waals surface area contributed by atoms with Crippen LogP contribution in [0.25, 0.3) is 99.5 Å². The molecule has 0 amide bonds. The molecule has 62 heavy (non-hydrogen) atoms. The molecule has 3 nitrogen and oxygen atoms in total. The number of nitrogens with zero attached hydrogens (tertiary/aromatic N) is 3. The molecule has 0 aliphatic rings. The maximum atomic E-state index is 15.2. The van der Waals surface area contributed by atoms with Crippen LogP contribution >= 0.6 is 45.2 Å². The molecule has 2 heterocycles. The van der Waals surface area contributed by atoms with E-state index in [1.807, 2.05) is 78.9 Å². The van der Waals surface area contributed by atoms with E-state index in [-0.39, 0.29) is 11.6 Å². The molecule has 11 aromatic rings. The number of aromatic nitrogens is 2. The lowest BCUT2D eigenvalue weighted by Crippen LogP contribution is -2.04. The van der Waals surface area contributed by atoms with Gasteiger partial charge in [0, 0.05) is 39.8 Å². The summed E-state index contributed by atoms with van der Waals surface area (Å²) in [5.74, 6) is -0.568. The summed E-state index contributed by atoms with van der Waals surface area (Å²) in [5, 5.41) is 15.3. The van der Waals surface area contributed by atoms with Gasteiger partial charge in [-0.2, -0.15) is 5.26 Å². The maximum absolute atomic E-state index is 15.2. The molecule has 0 atom stereocenters. The summed E-state index contributed by atoms with van der Waals surface area (Å²) in [6, 6.07) is 64.0. The molecule has 0 aliphatic heterocycles. The first-order valence-corrected chi connectivity index (χ1v) is 22.2. The van der Waals surface area contributed by atoms with Gasteiger partial charge in [0.1, 0.15) is 23.3 Å². The molecule has 0 bridgehead atoms. The average molecular weight is 1030 g/mol. The lowest BCUT2D eigenvalue weighted by Gasteiger charge is -2.16. The lowest BCUT2D eigenvalue weighted by atomic mass is 10.0. The van der Waals surface area contributed by atoms with Gasteiger partial charge in [0.05, 0.1) is 33.4 Å². The molecule has 2 aromatic heterocycles. The van der Waals surface area contributed by atoms with Crippen LogP contribution in [0.2, 0.25) is 0 Å². The van der Waals surface area contributed by atoms with Crippen molar-refractivity contribution in [1.29, 1.82) is 5.26 Å². The average Bonchev–Trinajstić information content (AvgIpc) is 3.80. The van der Waals surface area contributed by atoms with Crippen molar-refractivity contribution >= 4 is 88.8 Å². The first kappa shape index (κ1) is 38.3. The Labute approximate surface area is 383 Å². The predicted octanol–water partition coefficient (Wildman–Crippen LogP) is 15.9. The quantitative estimate of drug-likeness (QED) is 0.153. The lowest BCUT2D eigenvalue weighted by molar-refractivity contribution is 0.631. The zero-order valence-electron chi connectivity index (χ0n) is 32.8. The van der Waals surface area contributed by atoms with Crippen molar-refractivity contribution in [1.82, 2.24) is 9.13 Å². The highest BCUT2D eigenvalue weighted by Gasteiger charge is 2.23. The molecule has 0 fully saturated rings. The van der Waals surface area contributed by atoms with Crippen molar-refractivity contribution in [3.05, 3.63) is 212 Å². The molecule has 0 saturated heterocycles. The Bertz CT molecular complexity index is 3440. The van der Waals surface area contributed by atoms with Gasteiger partial charge < -0.3 is 9.13 Å². The van der Waals surface area contributed by atoms with E-state index in [2.05, 4.69) is 133 Å². The number of nitriles is 1. The highest BCUT2D eigenvalue weighted by molar-refractivity contribution is 14.1. The van der Waals surface area contributed by atoms with Crippen molar-refractivity contribution in [2.75, 3.05) is 0 Å². The summed E-state index contributed by atoms with van der Waals surface area (Å²) in [6.07, 6.45) is 0. The van der Waals surface area contributed by atoms with Gasteiger partial charge in [0.2, 0.25) is 0 Å². The second kappa shape index (κ2) is 15.4. The third kappa shape index (κ3) is 6.23. The number of benzene rings is 9. The van der Waals surface area contributed by atoms with Crippen LogP contribution in [0.5, 0.6) is 0 Å². The molecule has 294 valence electrons. The van der Waals surface area contributed by atoms with Crippen molar-refractivity contribution in [2.24, 2.45) is 0 Å². The molecule has 0 unspecified atom stereocenters. The molecule has 0 saturated carbocycles. The number of halogens is 4. The van der Waals surface area contributed by atoms with Gasteiger partial charge in [-0.05, 0) is 151 Å². The summed E-state index contributed by atoms with van der Waals surface area (Å²) in [4.78, 5) is 0. The van der Waals surface area contributed by atoms with E-state index in [0.29, 0.717) is 16.7 Å². The molecule has 0 aliphatic carbocycles. The maximum Gasteiger partial charge on any atom is 0.131 e. The van der Waals surface area contributed by atoms with E-state index in [1.54, 1.807) is 24.3 Å². The van der Waals surface area contributed by atoms with Gasteiger partial charge in [-0.1, -0.05) is 115 Å². The number of hydrogen-bond acceptors (Lipinski definition) is 1. The first-order valence-electron chi connectivity index (χ1n) is 20.1. The zero-order chi connectivity index (χ0) is 42.1. The number of rotatable bonds is 6. The van der Waals surface area contributed by atoms with Crippen LogP contribution in [0.3, 0.4) is 0 Å². The van der Waals surface area contributed by atoms with E-state index in [9.17, 15) is 5.26 Å². The highest BCUT2D eigenvalue weighted by atomic mass is 127. The molecular weight excluding hydrogens is 994 g/mol. The SMILES string of the molecule is N#Cc1c(-n2c3ccc(-c4ccccc4F)cc3c3ccc(-c4ccccc4I)cc32)cccc1-n1c2ccc(-c3ccccc3F)cc2c2ccc(-c3ccccc3I)cc21. The first-order chi connectivity index (χ1) is 30.4. The van der Waals surface area contributed by atoms with Crippen LogP contribution in [0, 0.1) is 30.1 Å². The van der Waals surface area contributed by atoms with Crippen molar-refractivity contribution < 1.29 is 8.78 Å². The molecule has 0 spiro atoms. The summed E-state index contributed by atoms with van der Waals surface area (Å²) < 4.78 is 37.1. The summed E-state index contributed by atoms with van der Waals surface area (Å²) in [6.45, 7) is 0. The van der Waals surface area contributed by atoms with Gasteiger partial charge in [-0.15, -0.1) is 0 Å². The van der Waals surface area contributed by atoms with Crippen LogP contribution in [0.4, 0.5) is 8.78 Å². The van der Waals surface area contributed by atoms with Crippen LogP contribution < -0.4 is 0 Å². The Morgan fingerprint density at radius 3 is 1.18 bits per heavy atom. The summed E-state index contributed by atoms with van der Waals surface area (Å²) >= 11 is 4.76. The van der Waals surface area contributed by atoms with Crippen molar-refractivity contribution in [2.45, 2.75) is 0 Å². The standard InChI is InChI=1S/C55H31F2I2N3/c56-46-14-5-1-10-37(46)33-22-26-52-43(28-33)41-24-20-35(39-12-3-7-16-48(39)58)30-54(41)61(52)50-18-9-19-51(45(50)32-60)62-53-27-23-34(38-11-2-6-15-47(38)57)29-44(53)42-25-21-36(31-55(42)62)40-13-4-8-17-49(40)59/h1-31H. The molecule has 9 aromatic carbocycles. The van der Waals surface area contributed by atoms with Crippen LogP contribution in [0.15, 0.2) is 188 Å². The predicted molar refractivity (Wildman–Crippen MR) is 267 cm³/mol. The minimum absolute atomic E-state index is 0.284. The third-order valence-corrected chi connectivity index (χ3v) is 13.8. The van der Waals surface area contributed by atoms with Crippen molar-refractivity contribution in [3.8, 4) is 62.0 Å². The minimum atomic E-state index is -0.284. The Kier molecular flexibility index (Phi) is 9.51. The molecular formula is C55H31F2I2N3. The summed E-state index contributed by atoms with van der Waals surface area (Å²) in [7, 11) is 0. The fourth-order valence-electron chi connectivity index (χ4n) is 9.03. The molecule has 7 heteroatoms. The second-order valence-electron chi connectivity index (χ2n) is 15.3. The molecule has 0 radical (unpaired) electrons. The van der Waals surface area contributed by atoms with E-state index in [0.717, 1.165) is 95.5 Å². The molecule has 11 rings (SSSR count). The van der Waals surface area contributed by atoms with Crippen LogP contribution in [0.1, 0.15) is 5.56 Å². The van der Waals surface area contributed by atoms with Gasteiger partial charge >= 0.3 is 0 Å². The fraction of sp³-hybridized carbons (Fsp3) is 0. The molecule has 0 N–H and O–H groups in total. The Morgan fingerprint density at radius 1 is 0.371 bits per heavy atom. The Morgan fingerprint density at radius 2 is 0.758 bits per heavy atom. The number of fused-ring (bicyclic) bond motifs is 6.